The van der Waals surface area contributed by atoms with Crippen LogP contribution in [0, 0.1) is 5.82 Å². The molecule has 26 heavy (non-hydrogen) atoms. The Labute approximate surface area is 159 Å². The second-order valence-electron chi connectivity index (χ2n) is 5.36. The van der Waals surface area contributed by atoms with Crippen molar-refractivity contribution in [2.24, 2.45) is 0 Å². The third kappa shape index (κ3) is 3.59. The molecule has 3 aromatic rings. The summed E-state index contributed by atoms with van der Waals surface area (Å²) in [7, 11) is 1.32. The number of carbonyl (C=O) groups excluding carboxylic acids is 1. The van der Waals surface area contributed by atoms with Gasteiger partial charge < -0.3 is 4.74 Å². The van der Waals surface area contributed by atoms with E-state index in [9.17, 15) is 9.18 Å². The molecule has 1 atom stereocenters. The van der Waals surface area contributed by atoms with Crippen molar-refractivity contribution in [2.45, 2.75) is 17.3 Å². The molecule has 0 aliphatic carbocycles. The molecule has 0 aliphatic heterocycles. The van der Waals surface area contributed by atoms with Crippen molar-refractivity contribution in [3.8, 4) is 17.1 Å². The van der Waals surface area contributed by atoms with Crippen LogP contribution in [0.3, 0.4) is 0 Å². The number of halogens is 2. The normalized spacial score (nSPS) is 12.0. The summed E-state index contributed by atoms with van der Waals surface area (Å²) in [6, 6.07) is 13.4. The van der Waals surface area contributed by atoms with Gasteiger partial charge in [0.2, 0.25) is 0 Å². The molecular formula is C18H15ClFN3O2S. The summed E-state index contributed by atoms with van der Waals surface area (Å²) in [4.78, 5) is 11.8. The van der Waals surface area contributed by atoms with Crippen molar-refractivity contribution in [3.63, 3.8) is 0 Å². The molecular weight excluding hydrogens is 377 g/mol. The lowest BCUT2D eigenvalue weighted by Crippen LogP contribution is -2.15. The van der Waals surface area contributed by atoms with E-state index in [-0.39, 0.29) is 5.69 Å². The SMILES string of the molecule is COC(=O)[C@H](C)Sc1nnc(-c2ccccc2Cl)n1-c1ccccc1F. The minimum absolute atomic E-state index is 0.270. The number of esters is 1. The van der Waals surface area contributed by atoms with Crippen LogP contribution in [-0.4, -0.2) is 33.1 Å². The van der Waals surface area contributed by atoms with E-state index in [0.717, 1.165) is 11.8 Å². The zero-order valence-electron chi connectivity index (χ0n) is 14.0. The molecule has 0 amide bonds. The van der Waals surface area contributed by atoms with Gasteiger partial charge in [-0.05, 0) is 31.2 Å². The number of benzene rings is 2. The van der Waals surface area contributed by atoms with Gasteiger partial charge in [-0.1, -0.05) is 47.6 Å². The van der Waals surface area contributed by atoms with Crippen LogP contribution in [0.15, 0.2) is 53.7 Å². The number of rotatable bonds is 5. The number of carbonyl (C=O) groups is 1. The van der Waals surface area contributed by atoms with E-state index < -0.39 is 17.0 Å². The van der Waals surface area contributed by atoms with Crippen LogP contribution in [0.25, 0.3) is 17.1 Å². The Balaban J connectivity index is 2.17. The van der Waals surface area contributed by atoms with Crippen molar-refractivity contribution in [1.29, 1.82) is 0 Å². The first-order valence-corrected chi connectivity index (χ1v) is 8.98. The fourth-order valence-corrected chi connectivity index (χ4v) is 3.49. The van der Waals surface area contributed by atoms with E-state index >= 15 is 0 Å². The van der Waals surface area contributed by atoms with Crippen LogP contribution in [0.4, 0.5) is 4.39 Å². The standard InChI is InChI=1S/C18H15ClFN3O2S/c1-11(17(24)25-2)26-18-22-21-16(12-7-3-4-8-13(12)19)23(18)15-10-6-5-9-14(15)20/h3-11H,1-2H3/t11-/m0/s1. The summed E-state index contributed by atoms with van der Waals surface area (Å²) in [5.41, 5.74) is 0.884. The molecule has 0 radical (unpaired) electrons. The number of para-hydroxylation sites is 1. The van der Waals surface area contributed by atoms with Crippen LogP contribution in [0.2, 0.25) is 5.02 Å². The maximum absolute atomic E-state index is 14.5. The van der Waals surface area contributed by atoms with Gasteiger partial charge in [-0.2, -0.15) is 0 Å². The first kappa shape index (κ1) is 18.4. The predicted molar refractivity (Wildman–Crippen MR) is 99.1 cm³/mol. The molecule has 0 fully saturated rings. The molecule has 0 N–H and O–H groups in total. The lowest BCUT2D eigenvalue weighted by atomic mass is 10.2. The quantitative estimate of drug-likeness (QED) is 0.477. The number of ether oxygens (including phenoxy) is 1. The van der Waals surface area contributed by atoms with E-state index in [0.29, 0.717) is 21.6 Å². The number of nitrogens with zero attached hydrogens (tertiary/aromatic N) is 3. The number of methoxy groups -OCH3 is 1. The smallest absolute Gasteiger partial charge is 0.318 e. The van der Waals surface area contributed by atoms with Gasteiger partial charge in [0, 0.05) is 5.56 Å². The highest BCUT2D eigenvalue weighted by Gasteiger charge is 2.24. The predicted octanol–water partition coefficient (Wildman–Crippen LogP) is 4.38. The van der Waals surface area contributed by atoms with Crippen LogP contribution in [0.5, 0.6) is 0 Å². The van der Waals surface area contributed by atoms with Crippen molar-refractivity contribution < 1.29 is 13.9 Å². The largest absolute Gasteiger partial charge is 0.468 e. The molecule has 0 saturated heterocycles. The molecule has 134 valence electrons. The molecule has 3 rings (SSSR count). The highest BCUT2D eigenvalue weighted by Crippen LogP contribution is 2.34. The van der Waals surface area contributed by atoms with Gasteiger partial charge in [0.1, 0.15) is 11.1 Å². The van der Waals surface area contributed by atoms with Crippen LogP contribution in [-0.2, 0) is 9.53 Å². The Morgan fingerprint density at radius 1 is 1.19 bits per heavy atom. The average molecular weight is 392 g/mol. The minimum Gasteiger partial charge on any atom is -0.468 e. The monoisotopic (exact) mass is 391 g/mol. The molecule has 0 aliphatic rings. The van der Waals surface area contributed by atoms with Gasteiger partial charge in [0.15, 0.2) is 11.0 Å². The second-order valence-corrected chi connectivity index (χ2v) is 7.07. The van der Waals surface area contributed by atoms with E-state index in [4.69, 9.17) is 16.3 Å². The Kier molecular flexibility index (Phi) is 5.58. The van der Waals surface area contributed by atoms with Crippen LogP contribution >= 0.6 is 23.4 Å². The lowest BCUT2D eigenvalue weighted by Gasteiger charge is -2.13. The number of hydrogen-bond donors (Lipinski definition) is 0. The fourth-order valence-electron chi connectivity index (χ4n) is 2.39. The molecule has 1 heterocycles. The summed E-state index contributed by atoms with van der Waals surface area (Å²) in [5.74, 6) is -0.453. The summed E-state index contributed by atoms with van der Waals surface area (Å²) in [6.07, 6.45) is 0. The Hall–Kier alpha value is -2.38. The van der Waals surface area contributed by atoms with E-state index in [1.807, 2.05) is 6.07 Å². The van der Waals surface area contributed by atoms with Crippen molar-refractivity contribution >= 4 is 29.3 Å². The van der Waals surface area contributed by atoms with Crippen LogP contribution < -0.4 is 0 Å². The highest BCUT2D eigenvalue weighted by atomic mass is 35.5. The second kappa shape index (κ2) is 7.88. The summed E-state index contributed by atoms with van der Waals surface area (Å²) >= 11 is 7.42. The molecule has 0 saturated carbocycles. The average Bonchev–Trinajstić information content (AvgIpc) is 3.04. The van der Waals surface area contributed by atoms with Gasteiger partial charge in [-0.15, -0.1) is 10.2 Å². The zero-order valence-corrected chi connectivity index (χ0v) is 15.6. The van der Waals surface area contributed by atoms with Crippen molar-refractivity contribution in [2.75, 3.05) is 7.11 Å². The maximum Gasteiger partial charge on any atom is 0.318 e. The molecule has 0 bridgehead atoms. The highest BCUT2D eigenvalue weighted by molar-refractivity contribution is 8.00. The van der Waals surface area contributed by atoms with Crippen molar-refractivity contribution in [3.05, 3.63) is 59.4 Å². The topological polar surface area (TPSA) is 57.0 Å². The molecule has 0 unspecified atom stereocenters. The number of aromatic nitrogens is 3. The van der Waals surface area contributed by atoms with Gasteiger partial charge in [-0.25, -0.2) is 4.39 Å². The Bertz CT molecular complexity index is 948. The van der Waals surface area contributed by atoms with Gasteiger partial charge >= 0.3 is 5.97 Å². The van der Waals surface area contributed by atoms with E-state index in [2.05, 4.69) is 10.2 Å². The van der Waals surface area contributed by atoms with Gasteiger partial charge in [0.05, 0.1) is 17.8 Å². The lowest BCUT2D eigenvalue weighted by molar-refractivity contribution is -0.139. The first-order chi connectivity index (χ1) is 12.5. The van der Waals surface area contributed by atoms with Crippen LogP contribution in [0.1, 0.15) is 6.92 Å². The summed E-state index contributed by atoms with van der Waals surface area (Å²) in [5, 5.41) is 8.64. The molecule has 0 spiro atoms. The fraction of sp³-hybridized carbons (Fsp3) is 0.167. The maximum atomic E-state index is 14.5. The number of thioether (sulfide) groups is 1. The molecule has 5 nitrogen and oxygen atoms in total. The zero-order chi connectivity index (χ0) is 18.7. The summed E-state index contributed by atoms with van der Waals surface area (Å²) < 4.78 is 20.8. The first-order valence-electron chi connectivity index (χ1n) is 7.72. The third-order valence-corrected chi connectivity index (χ3v) is 5.01. The Morgan fingerprint density at radius 3 is 2.58 bits per heavy atom. The van der Waals surface area contributed by atoms with E-state index in [1.54, 1.807) is 47.9 Å². The molecule has 2 aromatic carbocycles. The van der Waals surface area contributed by atoms with Gasteiger partial charge in [0.25, 0.3) is 0 Å². The number of hydrogen-bond acceptors (Lipinski definition) is 5. The summed E-state index contributed by atoms with van der Waals surface area (Å²) in [6.45, 7) is 1.69. The van der Waals surface area contributed by atoms with E-state index in [1.165, 1.54) is 13.2 Å². The Morgan fingerprint density at radius 2 is 1.88 bits per heavy atom. The molecule has 8 heteroatoms. The molecule has 1 aromatic heterocycles. The third-order valence-electron chi connectivity index (χ3n) is 3.66. The van der Waals surface area contributed by atoms with Gasteiger partial charge in [-0.3, -0.25) is 9.36 Å². The van der Waals surface area contributed by atoms with Crippen molar-refractivity contribution in [1.82, 2.24) is 14.8 Å². The minimum atomic E-state index is -0.534.